The molecule has 0 bridgehead atoms. The van der Waals surface area contributed by atoms with Crippen molar-refractivity contribution < 1.29 is 18.7 Å². The number of rotatable bonds is 3. The normalized spacial score (nSPS) is 21.9. The molecule has 110 valence electrons. The summed E-state index contributed by atoms with van der Waals surface area (Å²) in [6, 6.07) is 3.56. The summed E-state index contributed by atoms with van der Waals surface area (Å²) >= 11 is 1.60. The quantitative estimate of drug-likeness (QED) is 0.867. The molecule has 1 aliphatic rings. The lowest BCUT2D eigenvalue weighted by molar-refractivity contribution is -0.153. The van der Waals surface area contributed by atoms with E-state index in [0.29, 0.717) is 6.54 Å². The molecule has 0 aromatic carbocycles. The Balaban J connectivity index is 1.87. The number of thiophene rings is 1. The number of nitrogens with zero attached hydrogens (tertiary/aromatic N) is 1. The van der Waals surface area contributed by atoms with Crippen molar-refractivity contribution in [2.24, 2.45) is 0 Å². The topological polar surface area (TPSA) is 58.6 Å². The largest absolute Gasteiger partial charge is 0.467 e. The fourth-order valence-electron chi connectivity index (χ4n) is 2.15. The van der Waals surface area contributed by atoms with Crippen molar-refractivity contribution in [3.8, 4) is 0 Å². The summed E-state index contributed by atoms with van der Waals surface area (Å²) < 4.78 is 18.6. The van der Waals surface area contributed by atoms with Gasteiger partial charge >= 0.3 is 12.0 Å². The molecule has 1 N–H and O–H groups in total. The van der Waals surface area contributed by atoms with Gasteiger partial charge in [0.1, 0.15) is 0 Å². The van der Waals surface area contributed by atoms with E-state index in [2.05, 4.69) is 10.1 Å². The number of alkyl halides is 1. The highest BCUT2D eigenvalue weighted by atomic mass is 32.1. The van der Waals surface area contributed by atoms with Crippen LogP contribution in [0.3, 0.4) is 0 Å². The highest BCUT2D eigenvalue weighted by molar-refractivity contribution is 7.11. The molecule has 1 fully saturated rings. The van der Waals surface area contributed by atoms with Gasteiger partial charge in [0.2, 0.25) is 5.67 Å². The second-order valence-corrected chi connectivity index (χ2v) is 6.17. The highest BCUT2D eigenvalue weighted by Gasteiger charge is 2.47. The number of carbonyl (C=O) groups excluding carboxylic acids is 2. The first-order valence-electron chi connectivity index (χ1n) is 6.30. The number of esters is 1. The standard InChI is InChI=1S/C13H17FN2O3S/c1-9-3-4-10(20-9)7-15-12(18)16-6-5-13(14,8-16)11(17)19-2/h3-4H,5-8H2,1-2H3,(H,15,18)/t13-/m0/s1. The summed E-state index contributed by atoms with van der Waals surface area (Å²) in [6.07, 6.45) is -0.0226. The second-order valence-electron chi connectivity index (χ2n) is 4.80. The fourth-order valence-corrected chi connectivity index (χ4v) is 2.98. The molecular formula is C13H17FN2O3S. The van der Waals surface area contributed by atoms with Crippen LogP contribution in [0.5, 0.6) is 0 Å². The van der Waals surface area contributed by atoms with Gasteiger partial charge in [-0.05, 0) is 19.1 Å². The number of urea groups is 1. The van der Waals surface area contributed by atoms with E-state index >= 15 is 0 Å². The third kappa shape index (κ3) is 3.09. The van der Waals surface area contributed by atoms with Crippen LogP contribution in [0.15, 0.2) is 12.1 Å². The third-order valence-electron chi connectivity index (χ3n) is 3.27. The molecule has 1 atom stereocenters. The van der Waals surface area contributed by atoms with Gasteiger partial charge in [0.25, 0.3) is 0 Å². The summed E-state index contributed by atoms with van der Waals surface area (Å²) in [7, 11) is 1.14. The smallest absolute Gasteiger partial charge is 0.345 e. The van der Waals surface area contributed by atoms with Gasteiger partial charge in [-0.15, -0.1) is 11.3 Å². The van der Waals surface area contributed by atoms with Gasteiger partial charge in [-0.3, -0.25) is 0 Å². The number of amides is 2. The Kier molecular flexibility index (Phi) is 4.27. The predicted molar refractivity (Wildman–Crippen MR) is 73.3 cm³/mol. The van der Waals surface area contributed by atoms with Crippen molar-refractivity contribution in [3.63, 3.8) is 0 Å². The van der Waals surface area contributed by atoms with Gasteiger partial charge in [0, 0.05) is 22.7 Å². The first-order chi connectivity index (χ1) is 9.44. The molecule has 5 nitrogen and oxygen atoms in total. The Bertz CT molecular complexity index is 519. The summed E-state index contributed by atoms with van der Waals surface area (Å²) in [6.45, 7) is 2.35. The Labute approximate surface area is 120 Å². The summed E-state index contributed by atoms with van der Waals surface area (Å²) in [5, 5.41) is 2.73. The van der Waals surface area contributed by atoms with E-state index in [4.69, 9.17) is 0 Å². The molecule has 2 rings (SSSR count). The van der Waals surface area contributed by atoms with E-state index in [-0.39, 0.29) is 25.5 Å². The number of carbonyl (C=O) groups is 2. The maximum Gasteiger partial charge on any atom is 0.345 e. The average Bonchev–Trinajstić information content (AvgIpc) is 3.02. The number of likely N-dealkylation sites (tertiary alicyclic amines) is 1. The molecule has 0 spiro atoms. The van der Waals surface area contributed by atoms with E-state index in [1.165, 1.54) is 9.78 Å². The van der Waals surface area contributed by atoms with E-state index in [1.807, 2.05) is 19.1 Å². The minimum absolute atomic E-state index is 0.0226. The monoisotopic (exact) mass is 300 g/mol. The number of hydrogen-bond acceptors (Lipinski definition) is 4. The SMILES string of the molecule is COC(=O)[C@]1(F)CCN(C(=O)NCc2ccc(C)s2)C1. The number of methoxy groups -OCH3 is 1. The Morgan fingerprint density at radius 2 is 2.30 bits per heavy atom. The molecule has 0 saturated carbocycles. The number of aryl methyl sites for hydroxylation is 1. The molecular weight excluding hydrogens is 283 g/mol. The van der Waals surface area contributed by atoms with Gasteiger partial charge in [-0.1, -0.05) is 0 Å². The van der Waals surface area contributed by atoms with Gasteiger partial charge in [-0.25, -0.2) is 14.0 Å². The lowest BCUT2D eigenvalue weighted by Crippen LogP contribution is -2.43. The molecule has 1 aliphatic heterocycles. The van der Waals surface area contributed by atoms with Gasteiger partial charge in [0.15, 0.2) is 0 Å². The molecule has 1 aromatic heterocycles. The van der Waals surface area contributed by atoms with E-state index in [1.54, 1.807) is 11.3 Å². The minimum Gasteiger partial charge on any atom is -0.467 e. The zero-order valence-electron chi connectivity index (χ0n) is 11.4. The number of nitrogens with one attached hydrogen (secondary N) is 1. The first-order valence-corrected chi connectivity index (χ1v) is 7.12. The molecule has 1 aromatic rings. The van der Waals surface area contributed by atoms with Crippen molar-refractivity contribution in [3.05, 3.63) is 21.9 Å². The molecule has 0 aliphatic carbocycles. The van der Waals surface area contributed by atoms with Crippen molar-refractivity contribution in [1.29, 1.82) is 0 Å². The Morgan fingerprint density at radius 1 is 1.55 bits per heavy atom. The van der Waals surface area contributed by atoms with Gasteiger partial charge in [-0.2, -0.15) is 0 Å². The fraction of sp³-hybridized carbons (Fsp3) is 0.538. The van der Waals surface area contributed by atoms with Crippen LogP contribution in [0.2, 0.25) is 0 Å². The third-order valence-corrected chi connectivity index (χ3v) is 4.27. The zero-order valence-corrected chi connectivity index (χ0v) is 12.3. The highest BCUT2D eigenvalue weighted by Crippen LogP contribution is 2.27. The molecule has 0 unspecified atom stereocenters. The van der Waals surface area contributed by atoms with Crippen molar-refractivity contribution >= 4 is 23.3 Å². The summed E-state index contributed by atoms with van der Waals surface area (Å²) in [4.78, 5) is 26.8. The molecule has 7 heteroatoms. The lowest BCUT2D eigenvalue weighted by Gasteiger charge is -2.19. The molecule has 0 radical (unpaired) electrons. The molecule has 1 saturated heterocycles. The number of hydrogen-bond donors (Lipinski definition) is 1. The van der Waals surface area contributed by atoms with Crippen LogP contribution >= 0.6 is 11.3 Å². The van der Waals surface area contributed by atoms with Crippen LogP contribution in [0.4, 0.5) is 9.18 Å². The van der Waals surface area contributed by atoms with E-state index in [0.717, 1.165) is 12.0 Å². The lowest BCUT2D eigenvalue weighted by atomic mass is 10.1. The van der Waals surface area contributed by atoms with Crippen LogP contribution in [-0.2, 0) is 16.1 Å². The van der Waals surface area contributed by atoms with Crippen LogP contribution in [0.1, 0.15) is 16.2 Å². The summed E-state index contributed by atoms with van der Waals surface area (Å²) in [5.41, 5.74) is -2.08. The van der Waals surface area contributed by atoms with Crippen molar-refractivity contribution in [2.75, 3.05) is 20.2 Å². The van der Waals surface area contributed by atoms with Gasteiger partial charge in [0.05, 0.1) is 20.2 Å². The molecule has 2 amide bonds. The van der Waals surface area contributed by atoms with E-state index < -0.39 is 11.6 Å². The van der Waals surface area contributed by atoms with Crippen LogP contribution in [0.25, 0.3) is 0 Å². The average molecular weight is 300 g/mol. The van der Waals surface area contributed by atoms with Crippen molar-refractivity contribution in [1.82, 2.24) is 10.2 Å². The number of halogens is 1. The Hall–Kier alpha value is -1.63. The maximum absolute atomic E-state index is 14.2. The minimum atomic E-state index is -2.08. The van der Waals surface area contributed by atoms with Gasteiger partial charge < -0.3 is 15.0 Å². The van der Waals surface area contributed by atoms with Crippen LogP contribution in [-0.4, -0.2) is 42.8 Å². The first kappa shape index (κ1) is 14.8. The Morgan fingerprint density at radius 3 is 2.90 bits per heavy atom. The predicted octanol–water partition coefficient (Wildman–Crippen LogP) is 1.85. The summed E-state index contributed by atoms with van der Waals surface area (Å²) in [5.74, 6) is -0.915. The maximum atomic E-state index is 14.2. The van der Waals surface area contributed by atoms with Crippen LogP contribution < -0.4 is 5.32 Å². The van der Waals surface area contributed by atoms with Crippen molar-refractivity contribution in [2.45, 2.75) is 25.6 Å². The number of ether oxygens (including phenoxy) is 1. The van der Waals surface area contributed by atoms with Crippen LogP contribution in [0, 0.1) is 6.92 Å². The van der Waals surface area contributed by atoms with E-state index in [9.17, 15) is 14.0 Å². The second kappa shape index (κ2) is 5.78. The zero-order chi connectivity index (χ0) is 14.8. The molecule has 2 heterocycles. The molecule has 20 heavy (non-hydrogen) atoms.